The van der Waals surface area contributed by atoms with Crippen molar-refractivity contribution in [1.82, 2.24) is 0 Å². The van der Waals surface area contributed by atoms with Crippen LogP contribution in [0.15, 0.2) is 63.1 Å². The zero-order chi connectivity index (χ0) is 18.3. The molecule has 0 aromatic heterocycles. The third-order valence-electron chi connectivity index (χ3n) is 4.83. The summed E-state index contributed by atoms with van der Waals surface area (Å²) >= 11 is 3.72. The number of nitrogen functional groups attached to an aromatic ring is 1. The zero-order valence-corrected chi connectivity index (χ0v) is 15.9. The number of ether oxygens (including phenoxy) is 1. The van der Waals surface area contributed by atoms with E-state index in [4.69, 9.17) is 14.9 Å². The van der Waals surface area contributed by atoms with Crippen LogP contribution in [-0.4, -0.2) is 12.4 Å². The van der Waals surface area contributed by atoms with Crippen LogP contribution in [0.2, 0.25) is 0 Å². The Hall–Kier alpha value is -2.53. The summed E-state index contributed by atoms with van der Waals surface area (Å²) in [5, 5.41) is 0. The van der Waals surface area contributed by atoms with Gasteiger partial charge in [-0.25, -0.2) is 0 Å². The SMILES string of the molecule is CCC1=C(Cc2c3ccocc-3c(Br)c2-c2ccccc2N)C(=O)CO1. The molecule has 0 fully saturated rings. The van der Waals surface area contributed by atoms with Gasteiger partial charge in [-0.3, -0.25) is 4.79 Å². The van der Waals surface area contributed by atoms with Gasteiger partial charge in [0.1, 0.15) is 5.76 Å². The van der Waals surface area contributed by atoms with Gasteiger partial charge in [0, 0.05) is 45.3 Å². The lowest BCUT2D eigenvalue weighted by atomic mass is 9.94. The molecule has 0 amide bonds. The van der Waals surface area contributed by atoms with Gasteiger partial charge in [-0.05, 0) is 39.2 Å². The van der Waals surface area contributed by atoms with Gasteiger partial charge in [0.05, 0.1) is 12.5 Å². The number of benzene rings is 1. The second-order valence-electron chi connectivity index (χ2n) is 6.28. The van der Waals surface area contributed by atoms with Crippen LogP contribution in [0.4, 0.5) is 5.69 Å². The van der Waals surface area contributed by atoms with Gasteiger partial charge in [-0.2, -0.15) is 0 Å². The summed E-state index contributed by atoms with van der Waals surface area (Å²) in [5.41, 5.74) is 12.7. The van der Waals surface area contributed by atoms with Crippen LogP contribution in [0.5, 0.6) is 0 Å². The number of anilines is 1. The number of Topliss-reactive ketones (excluding diaryl/α,β-unsaturated/α-hetero) is 1. The van der Waals surface area contributed by atoms with Crippen LogP contribution in [0.25, 0.3) is 22.3 Å². The van der Waals surface area contributed by atoms with Crippen LogP contribution in [-0.2, 0) is 16.0 Å². The number of rotatable bonds is 4. The number of carbonyl (C=O) groups excluding carboxylic acids is 1. The highest BCUT2D eigenvalue weighted by molar-refractivity contribution is 9.10. The second-order valence-corrected chi connectivity index (χ2v) is 7.08. The summed E-state index contributed by atoms with van der Waals surface area (Å²) in [5.74, 6) is 0.841. The average Bonchev–Trinajstić information content (AvgIpc) is 3.15. The molecule has 4 rings (SSSR count). The minimum absolute atomic E-state index is 0.0555. The number of hydrogen-bond donors (Lipinski definition) is 1. The predicted octanol–water partition coefficient (Wildman–Crippen LogP) is 5.20. The number of ketones is 1. The Morgan fingerprint density at radius 1 is 1.15 bits per heavy atom. The molecule has 0 spiro atoms. The third-order valence-corrected chi connectivity index (χ3v) is 5.65. The number of fused-ring (bicyclic) bond motifs is 1. The number of nitrogens with two attached hydrogens (primary N) is 1. The topological polar surface area (TPSA) is 65.5 Å². The smallest absolute Gasteiger partial charge is 0.199 e. The van der Waals surface area contributed by atoms with Crippen molar-refractivity contribution < 1.29 is 13.9 Å². The number of carbonyl (C=O) groups is 1. The molecule has 0 radical (unpaired) electrons. The number of halogens is 1. The first kappa shape index (κ1) is 16.9. The predicted molar refractivity (Wildman–Crippen MR) is 105 cm³/mol. The second kappa shape index (κ2) is 6.65. The number of hydrogen-bond acceptors (Lipinski definition) is 4. The van der Waals surface area contributed by atoms with Crippen LogP contribution >= 0.6 is 15.9 Å². The molecular formula is C21H18BrNO3. The fourth-order valence-electron chi connectivity index (χ4n) is 3.56. The van der Waals surface area contributed by atoms with E-state index in [1.54, 1.807) is 12.5 Å². The summed E-state index contributed by atoms with van der Waals surface area (Å²) in [7, 11) is 0. The highest BCUT2D eigenvalue weighted by Gasteiger charge is 2.29. The molecule has 0 saturated heterocycles. The van der Waals surface area contributed by atoms with E-state index in [9.17, 15) is 4.79 Å². The highest BCUT2D eigenvalue weighted by atomic mass is 79.9. The number of para-hydroxylation sites is 1. The molecule has 5 heteroatoms. The lowest BCUT2D eigenvalue weighted by Gasteiger charge is -2.10. The summed E-state index contributed by atoms with van der Waals surface area (Å²) in [6, 6.07) is 9.69. The molecule has 0 atom stereocenters. The van der Waals surface area contributed by atoms with E-state index >= 15 is 0 Å². The van der Waals surface area contributed by atoms with Crippen molar-refractivity contribution in [2.75, 3.05) is 12.3 Å². The molecule has 3 aliphatic rings. The van der Waals surface area contributed by atoms with Crippen molar-refractivity contribution in [3.63, 3.8) is 0 Å². The summed E-state index contributed by atoms with van der Waals surface area (Å²) in [4.78, 5) is 12.4. The molecule has 0 bridgehead atoms. The summed E-state index contributed by atoms with van der Waals surface area (Å²) in [6.07, 6.45) is 4.59. The lowest BCUT2D eigenvalue weighted by molar-refractivity contribution is -0.116. The molecule has 0 unspecified atom stereocenters. The molecule has 0 saturated carbocycles. The Morgan fingerprint density at radius 2 is 1.96 bits per heavy atom. The molecule has 1 aliphatic carbocycles. The Kier molecular flexibility index (Phi) is 4.32. The maximum absolute atomic E-state index is 12.4. The fourth-order valence-corrected chi connectivity index (χ4v) is 4.32. The minimum atomic E-state index is 0.0555. The van der Waals surface area contributed by atoms with Crippen molar-refractivity contribution in [2.24, 2.45) is 0 Å². The van der Waals surface area contributed by atoms with Crippen LogP contribution in [0.1, 0.15) is 18.9 Å². The van der Waals surface area contributed by atoms with Crippen LogP contribution < -0.4 is 5.73 Å². The largest absolute Gasteiger partial charge is 0.489 e. The van der Waals surface area contributed by atoms with Gasteiger partial charge in [0.2, 0.25) is 0 Å². The van der Waals surface area contributed by atoms with Crippen molar-refractivity contribution in [2.45, 2.75) is 19.8 Å². The maximum atomic E-state index is 12.4. The Bertz CT molecular complexity index is 1000. The van der Waals surface area contributed by atoms with Crippen LogP contribution in [0.3, 0.4) is 0 Å². The molecule has 26 heavy (non-hydrogen) atoms. The zero-order valence-electron chi connectivity index (χ0n) is 14.3. The normalized spacial score (nSPS) is 14.3. The van der Waals surface area contributed by atoms with Crippen LogP contribution in [0, 0.1) is 0 Å². The molecular weight excluding hydrogens is 394 g/mol. The van der Waals surface area contributed by atoms with Crippen molar-refractivity contribution in [3.05, 3.63) is 64.2 Å². The van der Waals surface area contributed by atoms with Gasteiger partial charge in [0.25, 0.3) is 0 Å². The lowest BCUT2D eigenvalue weighted by Crippen LogP contribution is -2.05. The molecule has 1 aromatic carbocycles. The monoisotopic (exact) mass is 411 g/mol. The van der Waals surface area contributed by atoms with E-state index in [1.807, 2.05) is 37.3 Å². The van der Waals surface area contributed by atoms with E-state index in [-0.39, 0.29) is 12.4 Å². The molecule has 2 heterocycles. The molecule has 132 valence electrons. The van der Waals surface area contributed by atoms with Gasteiger partial charge in [0.15, 0.2) is 12.4 Å². The standard InChI is InChI=1S/C21H18BrNO3/c1-2-19-15(18(24)11-26-19)9-14-12-7-8-25-10-16(12)21(22)20(14)13-5-3-4-6-17(13)23/h3-8,10H,2,9,11,23H2,1H3. The molecule has 2 aliphatic heterocycles. The van der Waals surface area contributed by atoms with Gasteiger partial charge in [-0.15, -0.1) is 0 Å². The number of allylic oxidation sites excluding steroid dienone is 1. The minimum Gasteiger partial charge on any atom is -0.489 e. The molecule has 2 N–H and O–H groups in total. The van der Waals surface area contributed by atoms with Crippen molar-refractivity contribution in [1.29, 1.82) is 0 Å². The third kappa shape index (κ3) is 2.63. The van der Waals surface area contributed by atoms with Crippen molar-refractivity contribution >= 4 is 27.4 Å². The first-order valence-electron chi connectivity index (χ1n) is 8.51. The molecule has 1 aromatic rings. The van der Waals surface area contributed by atoms with E-state index in [0.717, 1.165) is 43.6 Å². The Balaban J connectivity index is 1.96. The quantitative estimate of drug-likeness (QED) is 0.598. The van der Waals surface area contributed by atoms with E-state index < -0.39 is 0 Å². The average molecular weight is 412 g/mol. The summed E-state index contributed by atoms with van der Waals surface area (Å²) in [6.45, 7) is 2.14. The Labute approximate surface area is 160 Å². The molecule has 4 nitrogen and oxygen atoms in total. The van der Waals surface area contributed by atoms with E-state index in [0.29, 0.717) is 18.5 Å². The van der Waals surface area contributed by atoms with Gasteiger partial charge < -0.3 is 14.9 Å². The van der Waals surface area contributed by atoms with E-state index in [1.165, 1.54) is 0 Å². The van der Waals surface area contributed by atoms with Gasteiger partial charge >= 0.3 is 0 Å². The Morgan fingerprint density at radius 3 is 2.73 bits per heavy atom. The van der Waals surface area contributed by atoms with E-state index in [2.05, 4.69) is 15.9 Å². The van der Waals surface area contributed by atoms with Crippen molar-refractivity contribution in [3.8, 4) is 22.3 Å². The summed E-state index contributed by atoms with van der Waals surface area (Å²) < 4.78 is 11.9. The van der Waals surface area contributed by atoms with Gasteiger partial charge in [-0.1, -0.05) is 25.1 Å². The highest BCUT2D eigenvalue weighted by Crippen LogP contribution is 2.48. The maximum Gasteiger partial charge on any atom is 0.199 e. The first-order valence-corrected chi connectivity index (χ1v) is 9.30. The first-order chi connectivity index (χ1) is 12.6. The fraction of sp³-hybridized carbons (Fsp3) is 0.190.